The van der Waals surface area contributed by atoms with Gasteiger partial charge >= 0.3 is 10.2 Å². The summed E-state index contributed by atoms with van der Waals surface area (Å²) in [6.07, 6.45) is 2.49. The molecule has 0 unspecified atom stereocenters. The molecule has 1 saturated heterocycles. The van der Waals surface area contributed by atoms with Crippen molar-refractivity contribution in [2.24, 2.45) is 0 Å². The molecular formula is C8H9BrF2N4O3S. The van der Waals surface area contributed by atoms with Crippen LogP contribution in [-0.2, 0) is 9.84 Å². The van der Waals surface area contributed by atoms with Crippen LogP contribution in [-0.4, -0.2) is 51.4 Å². The maximum Gasteiger partial charge on any atom is 0.407 e. The van der Waals surface area contributed by atoms with Crippen molar-refractivity contribution in [3.8, 4) is 0 Å². The number of carbonyl (C=O) groups excluding carboxylic acids is 1. The lowest BCUT2D eigenvalue weighted by Crippen LogP contribution is -2.32. The van der Waals surface area contributed by atoms with E-state index in [0.717, 1.165) is 19.2 Å². The number of hydrogen-bond donors (Lipinski definition) is 0. The number of aromatic nitrogens is 3. The van der Waals surface area contributed by atoms with Crippen LogP contribution in [0.5, 0.6) is 0 Å². The number of hydrogen-bond acceptors (Lipinski definition) is 5. The Kier molecular flexibility index (Phi) is 3.60. The van der Waals surface area contributed by atoms with Crippen LogP contribution in [0.3, 0.4) is 0 Å². The summed E-state index contributed by atoms with van der Waals surface area (Å²) in [6, 6.07) is -0.579. The minimum atomic E-state index is -5.04. The highest BCUT2D eigenvalue weighted by molar-refractivity contribution is 9.11. The quantitative estimate of drug-likeness (QED) is 0.738. The Labute approximate surface area is 115 Å². The minimum absolute atomic E-state index is 0.523. The van der Waals surface area contributed by atoms with Crippen LogP contribution in [0.15, 0.2) is 11.5 Å². The van der Waals surface area contributed by atoms with Gasteiger partial charge in [-0.05, 0) is 12.8 Å². The molecule has 7 nitrogen and oxygen atoms in total. The molecule has 106 valence electrons. The third kappa shape index (κ3) is 2.61. The molecule has 0 aliphatic carbocycles. The topological polar surface area (TPSA) is 85.2 Å². The van der Waals surface area contributed by atoms with Gasteiger partial charge in [-0.2, -0.15) is 13.5 Å². The van der Waals surface area contributed by atoms with Gasteiger partial charge in [0, 0.05) is 29.0 Å². The first-order chi connectivity index (χ1) is 8.73. The predicted octanol–water partition coefficient (Wildman–Crippen LogP) is 1.06. The summed E-state index contributed by atoms with van der Waals surface area (Å²) < 4.78 is 44.9. The molecule has 0 bridgehead atoms. The molecule has 19 heavy (non-hydrogen) atoms. The minimum Gasteiger partial charge on any atom is -0.323 e. The van der Waals surface area contributed by atoms with E-state index in [1.165, 1.54) is 4.90 Å². The number of likely N-dealkylation sites (tertiary alicyclic amines) is 1. The van der Waals surface area contributed by atoms with Gasteiger partial charge in [-0.25, -0.2) is 18.2 Å². The second-order valence-corrected chi connectivity index (χ2v) is 7.30. The van der Waals surface area contributed by atoms with Crippen molar-refractivity contribution in [2.45, 2.75) is 22.2 Å². The lowest BCUT2D eigenvalue weighted by Gasteiger charge is -2.13. The van der Waals surface area contributed by atoms with Gasteiger partial charge in [0.2, 0.25) is 0 Å². The molecule has 1 fully saturated rings. The van der Waals surface area contributed by atoms with Gasteiger partial charge in [0.05, 0.1) is 0 Å². The van der Waals surface area contributed by atoms with Crippen molar-refractivity contribution >= 4 is 31.8 Å². The van der Waals surface area contributed by atoms with E-state index in [9.17, 15) is 22.0 Å². The maximum atomic E-state index is 12.8. The fraction of sp³-hybridized carbons (Fsp3) is 0.625. The molecule has 11 heteroatoms. The lowest BCUT2D eigenvalue weighted by molar-refractivity contribution is 0.201. The van der Waals surface area contributed by atoms with Crippen LogP contribution in [0.1, 0.15) is 12.8 Å². The highest BCUT2D eigenvalue weighted by Crippen LogP contribution is 2.32. The Balaban J connectivity index is 2.27. The molecule has 0 saturated carbocycles. The number of alkyl halides is 3. The van der Waals surface area contributed by atoms with Crippen LogP contribution >= 0.6 is 15.9 Å². The fourth-order valence-corrected chi connectivity index (χ4v) is 2.64. The van der Waals surface area contributed by atoms with E-state index in [0.29, 0.717) is 17.8 Å². The van der Waals surface area contributed by atoms with Crippen LogP contribution in [0.4, 0.5) is 13.6 Å². The first-order valence-electron chi connectivity index (χ1n) is 5.26. The number of halogens is 3. The van der Waals surface area contributed by atoms with E-state index in [1.807, 2.05) is 0 Å². The van der Waals surface area contributed by atoms with Crippen LogP contribution in [0.2, 0.25) is 0 Å². The smallest absolute Gasteiger partial charge is 0.323 e. The van der Waals surface area contributed by atoms with Crippen molar-refractivity contribution in [3.63, 3.8) is 0 Å². The molecule has 2 heterocycles. The second-order valence-electron chi connectivity index (χ2n) is 3.90. The molecule has 0 N–H and O–H groups in total. The number of sulfone groups is 1. The van der Waals surface area contributed by atoms with Gasteiger partial charge in [-0.1, -0.05) is 0 Å². The molecule has 2 rings (SSSR count). The van der Waals surface area contributed by atoms with E-state index in [4.69, 9.17) is 0 Å². The summed E-state index contributed by atoms with van der Waals surface area (Å²) in [5.41, 5.74) is 0. The van der Waals surface area contributed by atoms with Gasteiger partial charge in [0.1, 0.15) is 6.33 Å². The van der Waals surface area contributed by atoms with E-state index in [-0.39, 0.29) is 0 Å². The summed E-state index contributed by atoms with van der Waals surface area (Å²) in [7, 11) is -5.04. The molecule has 0 aromatic carbocycles. The zero-order valence-electron chi connectivity index (χ0n) is 9.46. The average molecular weight is 359 g/mol. The monoisotopic (exact) mass is 358 g/mol. The zero-order chi connectivity index (χ0) is 14.3. The standard InChI is InChI=1S/C8H9BrF2N4O3S/c9-8(10,11)19(17,18)6-12-5-15(13-6)7(16)14-3-1-2-4-14/h5H,1-4H2. The Morgan fingerprint density at radius 3 is 2.47 bits per heavy atom. The van der Waals surface area contributed by atoms with Gasteiger partial charge in [0.25, 0.3) is 15.0 Å². The molecule has 0 atom stereocenters. The summed E-state index contributed by atoms with van der Waals surface area (Å²) in [5.74, 6) is 0. The predicted molar refractivity (Wildman–Crippen MR) is 62.7 cm³/mol. The van der Waals surface area contributed by atoms with Crippen LogP contribution in [0.25, 0.3) is 0 Å². The summed E-state index contributed by atoms with van der Waals surface area (Å²) in [6.45, 7) is 1.05. The van der Waals surface area contributed by atoms with E-state index in [1.54, 1.807) is 15.9 Å². The SMILES string of the molecule is O=C(N1CCCC1)n1cnc(S(=O)(=O)C(F)(F)Br)n1. The lowest BCUT2D eigenvalue weighted by atomic mass is 10.4. The maximum absolute atomic E-state index is 12.8. The number of rotatable bonds is 2. The van der Waals surface area contributed by atoms with Gasteiger partial charge in [0.15, 0.2) is 0 Å². The molecule has 0 radical (unpaired) electrons. The summed E-state index contributed by atoms with van der Waals surface area (Å²) >= 11 is 1.74. The molecule has 1 aliphatic heterocycles. The first-order valence-corrected chi connectivity index (χ1v) is 7.53. The normalized spacial score (nSPS) is 16.9. The highest BCUT2D eigenvalue weighted by Gasteiger charge is 2.46. The molecule has 1 aromatic heterocycles. The van der Waals surface area contributed by atoms with Crippen molar-refractivity contribution in [2.75, 3.05) is 13.1 Å². The van der Waals surface area contributed by atoms with Gasteiger partial charge < -0.3 is 4.90 Å². The van der Waals surface area contributed by atoms with Crippen LogP contribution < -0.4 is 0 Å². The molecule has 1 aliphatic rings. The molecule has 0 spiro atoms. The number of nitrogens with zero attached hydrogens (tertiary/aromatic N) is 4. The van der Waals surface area contributed by atoms with E-state index < -0.39 is 25.2 Å². The van der Waals surface area contributed by atoms with E-state index >= 15 is 0 Å². The summed E-state index contributed by atoms with van der Waals surface area (Å²) in [4.78, 5) is 16.5. The van der Waals surface area contributed by atoms with Crippen molar-refractivity contribution < 1.29 is 22.0 Å². The third-order valence-corrected chi connectivity index (χ3v) is 5.14. The Morgan fingerprint density at radius 1 is 1.37 bits per heavy atom. The summed E-state index contributed by atoms with van der Waals surface area (Å²) in [5, 5.41) is 2.21. The second kappa shape index (κ2) is 4.78. The highest BCUT2D eigenvalue weighted by atomic mass is 79.9. The molecular weight excluding hydrogens is 350 g/mol. The number of amides is 1. The fourth-order valence-electron chi connectivity index (χ4n) is 1.62. The first kappa shape index (κ1) is 14.3. The molecule has 1 amide bonds. The molecule has 1 aromatic rings. The average Bonchev–Trinajstić information content (AvgIpc) is 2.98. The zero-order valence-corrected chi connectivity index (χ0v) is 11.9. The Hall–Kier alpha value is -1.10. The van der Waals surface area contributed by atoms with Crippen molar-refractivity contribution in [1.29, 1.82) is 0 Å². The van der Waals surface area contributed by atoms with Crippen LogP contribution in [0, 0.1) is 0 Å². The van der Waals surface area contributed by atoms with Crippen molar-refractivity contribution in [3.05, 3.63) is 6.33 Å². The van der Waals surface area contributed by atoms with E-state index in [2.05, 4.69) is 10.1 Å². The number of carbonyl (C=O) groups is 1. The van der Waals surface area contributed by atoms with Gasteiger partial charge in [-0.3, -0.25) is 0 Å². The Morgan fingerprint density at radius 2 is 1.95 bits per heavy atom. The largest absolute Gasteiger partial charge is 0.407 e. The Bertz CT molecular complexity index is 591. The van der Waals surface area contributed by atoms with Crippen molar-refractivity contribution in [1.82, 2.24) is 19.7 Å². The van der Waals surface area contributed by atoms with Gasteiger partial charge in [-0.15, -0.1) is 5.10 Å². The third-order valence-electron chi connectivity index (χ3n) is 2.59.